The number of thiol groups is 1. The van der Waals surface area contributed by atoms with E-state index in [1.54, 1.807) is 14.2 Å². The second-order valence-corrected chi connectivity index (χ2v) is 5.42. The van der Waals surface area contributed by atoms with E-state index in [1.807, 2.05) is 18.2 Å². The van der Waals surface area contributed by atoms with Gasteiger partial charge >= 0.3 is 0 Å². The van der Waals surface area contributed by atoms with E-state index in [9.17, 15) is 0 Å². The topological polar surface area (TPSA) is 18.5 Å². The maximum absolute atomic E-state index is 5.21. The summed E-state index contributed by atoms with van der Waals surface area (Å²) in [5.74, 6) is 1.64. The largest absolute Gasteiger partial charge is 0.497 e. The van der Waals surface area contributed by atoms with Crippen LogP contribution in [0.5, 0.6) is 11.5 Å². The predicted molar refractivity (Wildman–Crippen MR) is 66.3 cm³/mol. The first-order valence-electron chi connectivity index (χ1n) is 4.89. The zero-order valence-corrected chi connectivity index (χ0v) is 10.6. The number of hydrogen-bond donors (Lipinski definition) is 1. The molecule has 0 fully saturated rings. The van der Waals surface area contributed by atoms with Crippen LogP contribution in [-0.4, -0.2) is 19.0 Å². The zero-order chi connectivity index (χ0) is 11.5. The first-order valence-corrected chi connectivity index (χ1v) is 5.33. The predicted octanol–water partition coefficient (Wildman–Crippen LogP) is 2.95. The van der Waals surface area contributed by atoms with Gasteiger partial charge in [-0.3, -0.25) is 0 Å². The van der Waals surface area contributed by atoms with Crippen molar-refractivity contribution in [3.05, 3.63) is 23.8 Å². The summed E-state index contributed by atoms with van der Waals surface area (Å²) < 4.78 is 10.4. The molecule has 1 aromatic carbocycles. The highest BCUT2D eigenvalue weighted by molar-refractivity contribution is 7.81. The van der Waals surface area contributed by atoms with Gasteiger partial charge in [-0.2, -0.15) is 12.6 Å². The Labute approximate surface area is 97.0 Å². The Morgan fingerprint density at radius 1 is 1.07 bits per heavy atom. The van der Waals surface area contributed by atoms with Crippen molar-refractivity contribution in [3.63, 3.8) is 0 Å². The van der Waals surface area contributed by atoms with Gasteiger partial charge in [0.25, 0.3) is 0 Å². The molecule has 0 unspecified atom stereocenters. The fraction of sp³-hybridized carbons (Fsp3) is 0.500. The van der Waals surface area contributed by atoms with E-state index in [0.717, 1.165) is 17.9 Å². The van der Waals surface area contributed by atoms with Gasteiger partial charge < -0.3 is 9.47 Å². The minimum absolute atomic E-state index is 0.0304. The molecule has 1 rings (SSSR count). The lowest BCUT2D eigenvalue weighted by molar-refractivity contribution is 0.393. The van der Waals surface area contributed by atoms with Crippen molar-refractivity contribution in [2.45, 2.75) is 25.0 Å². The third-order valence-electron chi connectivity index (χ3n) is 2.05. The van der Waals surface area contributed by atoms with Gasteiger partial charge in [-0.15, -0.1) is 0 Å². The maximum Gasteiger partial charge on any atom is 0.122 e. The van der Waals surface area contributed by atoms with Gasteiger partial charge in [0.1, 0.15) is 11.5 Å². The third kappa shape index (κ3) is 4.04. The Morgan fingerprint density at radius 3 is 1.87 bits per heavy atom. The zero-order valence-electron chi connectivity index (χ0n) is 9.70. The van der Waals surface area contributed by atoms with Crippen molar-refractivity contribution in [2.75, 3.05) is 14.2 Å². The molecular formula is C12H18O2S. The molecule has 0 bridgehead atoms. The fourth-order valence-corrected chi connectivity index (χ4v) is 1.65. The summed E-state index contributed by atoms with van der Waals surface area (Å²) in [4.78, 5) is 0. The molecule has 0 heterocycles. The highest BCUT2D eigenvalue weighted by atomic mass is 32.1. The summed E-state index contributed by atoms with van der Waals surface area (Å²) in [6.07, 6.45) is 0.879. The van der Waals surface area contributed by atoms with Gasteiger partial charge in [0.2, 0.25) is 0 Å². The Bertz CT molecular complexity index is 307. The van der Waals surface area contributed by atoms with Gasteiger partial charge in [-0.1, -0.05) is 13.8 Å². The van der Waals surface area contributed by atoms with Crippen LogP contribution in [0.2, 0.25) is 0 Å². The van der Waals surface area contributed by atoms with E-state index in [0.29, 0.717) is 0 Å². The molecule has 15 heavy (non-hydrogen) atoms. The summed E-state index contributed by atoms with van der Waals surface area (Å²) in [5, 5.41) is 0. The summed E-state index contributed by atoms with van der Waals surface area (Å²) >= 11 is 4.51. The molecule has 0 N–H and O–H groups in total. The van der Waals surface area contributed by atoms with Crippen molar-refractivity contribution < 1.29 is 9.47 Å². The average molecular weight is 226 g/mol. The molecule has 0 aromatic heterocycles. The molecule has 0 saturated carbocycles. The SMILES string of the molecule is COc1cc(CC(C)(C)S)cc(OC)c1. The molecule has 2 nitrogen and oxygen atoms in total. The van der Waals surface area contributed by atoms with E-state index in [2.05, 4.69) is 26.5 Å². The molecule has 3 heteroatoms. The molecule has 84 valence electrons. The van der Waals surface area contributed by atoms with Gasteiger partial charge in [0.15, 0.2) is 0 Å². The first-order chi connectivity index (χ1) is 6.94. The smallest absolute Gasteiger partial charge is 0.122 e. The molecule has 0 saturated heterocycles. The van der Waals surface area contributed by atoms with Crippen LogP contribution in [0.25, 0.3) is 0 Å². The van der Waals surface area contributed by atoms with Gasteiger partial charge in [-0.05, 0) is 24.1 Å². The monoisotopic (exact) mass is 226 g/mol. The van der Waals surface area contributed by atoms with Crippen LogP contribution in [0, 0.1) is 0 Å². The number of hydrogen-bond acceptors (Lipinski definition) is 3. The first kappa shape index (κ1) is 12.2. The van der Waals surface area contributed by atoms with Gasteiger partial charge in [0, 0.05) is 10.8 Å². The van der Waals surface area contributed by atoms with E-state index < -0.39 is 0 Å². The lowest BCUT2D eigenvalue weighted by atomic mass is 10.0. The second kappa shape index (κ2) is 4.79. The van der Waals surface area contributed by atoms with Crippen molar-refractivity contribution in [1.82, 2.24) is 0 Å². The van der Waals surface area contributed by atoms with Gasteiger partial charge in [-0.25, -0.2) is 0 Å². The molecule has 0 aliphatic rings. The summed E-state index contributed by atoms with van der Waals surface area (Å²) in [6, 6.07) is 5.90. The maximum atomic E-state index is 5.21. The van der Waals surface area contributed by atoms with E-state index in [4.69, 9.17) is 9.47 Å². The Morgan fingerprint density at radius 2 is 1.53 bits per heavy atom. The van der Waals surface area contributed by atoms with Crippen LogP contribution in [0.15, 0.2) is 18.2 Å². The molecule has 0 atom stereocenters. The van der Waals surface area contributed by atoms with Crippen LogP contribution >= 0.6 is 12.6 Å². The highest BCUT2D eigenvalue weighted by Crippen LogP contribution is 2.26. The standard InChI is InChI=1S/C12H18O2S/c1-12(2,15)8-9-5-10(13-3)7-11(6-9)14-4/h5-7,15H,8H2,1-4H3. The van der Waals surface area contributed by atoms with E-state index in [-0.39, 0.29) is 4.75 Å². The minimum atomic E-state index is -0.0304. The number of ether oxygens (including phenoxy) is 2. The summed E-state index contributed by atoms with van der Waals surface area (Å²) in [7, 11) is 3.31. The molecule has 0 aliphatic heterocycles. The number of methoxy groups -OCH3 is 2. The van der Waals surface area contributed by atoms with Crippen LogP contribution in [-0.2, 0) is 6.42 Å². The lowest BCUT2D eigenvalue weighted by Gasteiger charge is -2.18. The molecule has 1 aromatic rings. The van der Waals surface area contributed by atoms with E-state index in [1.165, 1.54) is 5.56 Å². The number of benzene rings is 1. The molecule has 0 spiro atoms. The van der Waals surface area contributed by atoms with Crippen LogP contribution in [0.4, 0.5) is 0 Å². The quantitative estimate of drug-likeness (QED) is 0.796. The van der Waals surface area contributed by atoms with Crippen LogP contribution in [0.3, 0.4) is 0 Å². The fourth-order valence-electron chi connectivity index (χ4n) is 1.47. The molecular weight excluding hydrogens is 208 g/mol. The van der Waals surface area contributed by atoms with Crippen molar-refractivity contribution in [3.8, 4) is 11.5 Å². The Balaban J connectivity index is 2.97. The normalized spacial score (nSPS) is 11.3. The van der Waals surface area contributed by atoms with Crippen molar-refractivity contribution in [1.29, 1.82) is 0 Å². The summed E-state index contributed by atoms with van der Waals surface area (Å²) in [6.45, 7) is 4.17. The molecule has 0 radical (unpaired) electrons. The minimum Gasteiger partial charge on any atom is -0.497 e. The van der Waals surface area contributed by atoms with Crippen molar-refractivity contribution in [2.24, 2.45) is 0 Å². The second-order valence-electron chi connectivity index (χ2n) is 4.21. The Kier molecular flexibility index (Phi) is 3.91. The van der Waals surface area contributed by atoms with Crippen LogP contribution in [0.1, 0.15) is 19.4 Å². The average Bonchev–Trinajstić information content (AvgIpc) is 2.14. The lowest BCUT2D eigenvalue weighted by Crippen LogP contribution is -2.14. The van der Waals surface area contributed by atoms with E-state index >= 15 is 0 Å². The third-order valence-corrected chi connectivity index (χ3v) is 2.21. The molecule has 0 amide bonds. The highest BCUT2D eigenvalue weighted by Gasteiger charge is 2.13. The number of rotatable bonds is 4. The Hall–Kier alpha value is -0.830. The molecule has 0 aliphatic carbocycles. The van der Waals surface area contributed by atoms with Gasteiger partial charge in [0.05, 0.1) is 14.2 Å². The van der Waals surface area contributed by atoms with Crippen molar-refractivity contribution >= 4 is 12.6 Å². The summed E-state index contributed by atoms with van der Waals surface area (Å²) in [5.41, 5.74) is 1.17. The van der Waals surface area contributed by atoms with Crippen LogP contribution < -0.4 is 9.47 Å².